The minimum absolute atomic E-state index is 0.311. The Kier molecular flexibility index (Phi) is 6.49. The third-order valence-electron chi connectivity index (χ3n) is 3.48. The predicted molar refractivity (Wildman–Crippen MR) is 97.5 cm³/mol. The molecule has 0 saturated carbocycles. The van der Waals surface area contributed by atoms with Crippen LogP contribution in [0.15, 0.2) is 60.7 Å². The number of hydrogen-bond donors (Lipinski definition) is 2. The quantitative estimate of drug-likeness (QED) is 0.798. The number of nitriles is 1. The number of nitrogens with zero attached hydrogens (tertiary/aromatic N) is 1. The van der Waals surface area contributed by atoms with Gasteiger partial charge in [0.1, 0.15) is 6.04 Å². The number of carbonyl (C=O) groups is 2. The lowest BCUT2D eigenvalue weighted by Gasteiger charge is -2.13. The van der Waals surface area contributed by atoms with Gasteiger partial charge in [0.2, 0.25) is 11.8 Å². The van der Waals surface area contributed by atoms with Crippen molar-refractivity contribution in [1.82, 2.24) is 5.32 Å². The van der Waals surface area contributed by atoms with E-state index in [1.54, 1.807) is 37.3 Å². The van der Waals surface area contributed by atoms with Crippen LogP contribution in [0.1, 0.15) is 18.1 Å². The molecule has 1 atom stereocenters. The molecule has 2 aromatic rings. The van der Waals surface area contributed by atoms with Crippen molar-refractivity contribution in [1.29, 1.82) is 5.26 Å². The Morgan fingerprint density at radius 3 is 2.44 bits per heavy atom. The zero-order valence-electron chi connectivity index (χ0n) is 13.9. The van der Waals surface area contributed by atoms with Crippen molar-refractivity contribution in [3.8, 4) is 6.07 Å². The molecule has 0 aliphatic heterocycles. The zero-order valence-corrected chi connectivity index (χ0v) is 13.9. The van der Waals surface area contributed by atoms with Crippen molar-refractivity contribution in [2.24, 2.45) is 0 Å². The molecule has 0 aliphatic carbocycles. The highest BCUT2D eigenvalue weighted by atomic mass is 16.2. The number of hydrogen-bond acceptors (Lipinski definition) is 3. The highest BCUT2D eigenvalue weighted by molar-refractivity contribution is 5.99. The van der Waals surface area contributed by atoms with E-state index >= 15 is 0 Å². The van der Waals surface area contributed by atoms with E-state index in [0.29, 0.717) is 12.1 Å². The van der Waals surface area contributed by atoms with Crippen molar-refractivity contribution < 1.29 is 9.59 Å². The maximum Gasteiger partial charge on any atom is 0.246 e. The van der Waals surface area contributed by atoms with Gasteiger partial charge < -0.3 is 10.6 Å². The van der Waals surface area contributed by atoms with Crippen molar-refractivity contribution in [3.05, 3.63) is 71.8 Å². The molecular weight excluding hydrogens is 314 g/mol. The topological polar surface area (TPSA) is 82.0 Å². The molecule has 5 nitrogen and oxygen atoms in total. The number of rotatable bonds is 6. The zero-order chi connectivity index (χ0) is 18.1. The van der Waals surface area contributed by atoms with Crippen LogP contribution in [0.3, 0.4) is 0 Å². The third kappa shape index (κ3) is 5.96. The highest BCUT2D eigenvalue weighted by Gasteiger charge is 2.14. The van der Waals surface area contributed by atoms with E-state index in [4.69, 9.17) is 5.26 Å². The standard InChI is InChI=1S/C20H19N3O2/c1-15(22-19(24)12-9-16-5-3-2-4-6-16)20(25)23-18-10-7-17(8-11-18)13-14-21/h2-12,15H,13H2,1H3,(H,22,24)(H,23,25)/b12-9+. The van der Waals surface area contributed by atoms with E-state index in [0.717, 1.165) is 11.1 Å². The summed E-state index contributed by atoms with van der Waals surface area (Å²) in [6.45, 7) is 1.62. The fourth-order valence-corrected chi connectivity index (χ4v) is 2.11. The first-order valence-corrected chi connectivity index (χ1v) is 7.89. The van der Waals surface area contributed by atoms with E-state index in [2.05, 4.69) is 16.7 Å². The predicted octanol–water partition coefficient (Wildman–Crippen LogP) is 2.91. The molecule has 0 aromatic heterocycles. The molecule has 2 N–H and O–H groups in total. The van der Waals surface area contributed by atoms with Gasteiger partial charge in [0.05, 0.1) is 12.5 Å². The second-order valence-electron chi connectivity index (χ2n) is 5.50. The molecule has 5 heteroatoms. The van der Waals surface area contributed by atoms with Gasteiger partial charge in [-0.2, -0.15) is 5.26 Å². The van der Waals surface area contributed by atoms with Crippen LogP contribution < -0.4 is 10.6 Å². The Labute approximate surface area is 147 Å². The summed E-state index contributed by atoms with van der Waals surface area (Å²) in [5.74, 6) is -0.648. The molecule has 0 spiro atoms. The lowest BCUT2D eigenvalue weighted by Crippen LogP contribution is -2.40. The lowest BCUT2D eigenvalue weighted by atomic mass is 10.1. The maximum absolute atomic E-state index is 12.1. The van der Waals surface area contributed by atoms with Crippen LogP contribution in [0.2, 0.25) is 0 Å². The number of amides is 2. The number of benzene rings is 2. The molecule has 0 fully saturated rings. The van der Waals surface area contributed by atoms with Crippen molar-refractivity contribution in [2.75, 3.05) is 5.32 Å². The Morgan fingerprint density at radius 2 is 1.80 bits per heavy atom. The van der Waals surface area contributed by atoms with Gasteiger partial charge in [-0.15, -0.1) is 0 Å². The molecular formula is C20H19N3O2. The van der Waals surface area contributed by atoms with Crippen molar-refractivity contribution >= 4 is 23.6 Å². The molecule has 0 aliphatic rings. The summed E-state index contributed by atoms with van der Waals surface area (Å²) in [5.41, 5.74) is 2.41. The van der Waals surface area contributed by atoms with E-state index in [1.807, 2.05) is 30.3 Å². The average Bonchev–Trinajstić information content (AvgIpc) is 2.62. The molecule has 1 unspecified atom stereocenters. The summed E-state index contributed by atoms with van der Waals surface area (Å²) in [6, 6.07) is 17.9. The van der Waals surface area contributed by atoms with Gasteiger partial charge >= 0.3 is 0 Å². The SMILES string of the molecule is CC(NC(=O)/C=C/c1ccccc1)C(=O)Nc1ccc(CC#N)cc1. The molecule has 0 heterocycles. The van der Waals surface area contributed by atoms with Crippen LogP contribution in [0.5, 0.6) is 0 Å². The van der Waals surface area contributed by atoms with Crippen LogP contribution in [-0.2, 0) is 16.0 Å². The summed E-state index contributed by atoms with van der Waals surface area (Å²) < 4.78 is 0. The minimum Gasteiger partial charge on any atom is -0.341 e. The third-order valence-corrected chi connectivity index (χ3v) is 3.48. The Morgan fingerprint density at radius 1 is 1.12 bits per heavy atom. The van der Waals surface area contributed by atoms with Gasteiger partial charge in [0, 0.05) is 11.8 Å². The van der Waals surface area contributed by atoms with Gasteiger partial charge in [-0.1, -0.05) is 42.5 Å². The summed E-state index contributed by atoms with van der Waals surface area (Å²) in [6.07, 6.45) is 3.41. The molecule has 25 heavy (non-hydrogen) atoms. The molecule has 0 saturated heterocycles. The van der Waals surface area contributed by atoms with E-state index in [1.165, 1.54) is 6.08 Å². The minimum atomic E-state index is -0.674. The Hall–Kier alpha value is -3.39. The Bertz CT molecular complexity index is 790. The van der Waals surface area contributed by atoms with Gasteiger partial charge in [-0.05, 0) is 36.3 Å². The Balaban J connectivity index is 1.86. The number of nitrogens with one attached hydrogen (secondary N) is 2. The lowest BCUT2D eigenvalue weighted by molar-refractivity contribution is -0.123. The fraction of sp³-hybridized carbons (Fsp3) is 0.150. The molecule has 2 aromatic carbocycles. The monoisotopic (exact) mass is 333 g/mol. The van der Waals surface area contributed by atoms with E-state index in [9.17, 15) is 9.59 Å². The summed E-state index contributed by atoms with van der Waals surface area (Å²) in [4.78, 5) is 24.0. The van der Waals surface area contributed by atoms with Crippen LogP contribution in [0, 0.1) is 11.3 Å². The maximum atomic E-state index is 12.1. The van der Waals surface area contributed by atoms with Gasteiger partial charge in [-0.3, -0.25) is 9.59 Å². The van der Waals surface area contributed by atoms with Crippen LogP contribution >= 0.6 is 0 Å². The first kappa shape index (κ1) is 18.0. The number of anilines is 1. The van der Waals surface area contributed by atoms with Crippen molar-refractivity contribution in [3.63, 3.8) is 0 Å². The van der Waals surface area contributed by atoms with Crippen LogP contribution in [0.4, 0.5) is 5.69 Å². The van der Waals surface area contributed by atoms with E-state index < -0.39 is 6.04 Å². The van der Waals surface area contributed by atoms with Crippen LogP contribution in [-0.4, -0.2) is 17.9 Å². The van der Waals surface area contributed by atoms with Gasteiger partial charge in [0.15, 0.2) is 0 Å². The van der Waals surface area contributed by atoms with Crippen LogP contribution in [0.25, 0.3) is 6.08 Å². The normalized spacial score (nSPS) is 11.5. The van der Waals surface area contributed by atoms with Gasteiger partial charge in [-0.25, -0.2) is 0 Å². The summed E-state index contributed by atoms with van der Waals surface area (Å²) >= 11 is 0. The molecule has 2 amide bonds. The average molecular weight is 333 g/mol. The molecule has 126 valence electrons. The number of carbonyl (C=O) groups excluding carboxylic acids is 2. The van der Waals surface area contributed by atoms with Gasteiger partial charge in [0.25, 0.3) is 0 Å². The second-order valence-corrected chi connectivity index (χ2v) is 5.50. The highest BCUT2D eigenvalue weighted by Crippen LogP contribution is 2.10. The summed E-state index contributed by atoms with van der Waals surface area (Å²) in [7, 11) is 0. The van der Waals surface area contributed by atoms with Crippen molar-refractivity contribution in [2.45, 2.75) is 19.4 Å². The second kappa shape index (κ2) is 9.04. The fourth-order valence-electron chi connectivity index (χ4n) is 2.11. The first-order valence-electron chi connectivity index (χ1n) is 7.89. The molecule has 0 radical (unpaired) electrons. The largest absolute Gasteiger partial charge is 0.341 e. The first-order chi connectivity index (χ1) is 12.1. The molecule has 2 rings (SSSR count). The summed E-state index contributed by atoms with van der Waals surface area (Å²) in [5, 5.41) is 14.0. The molecule has 0 bridgehead atoms. The van der Waals surface area contributed by atoms with E-state index in [-0.39, 0.29) is 11.8 Å². The smallest absolute Gasteiger partial charge is 0.246 e.